The summed E-state index contributed by atoms with van der Waals surface area (Å²) in [6.07, 6.45) is 1.29. The molecule has 0 spiro atoms. The van der Waals surface area contributed by atoms with Gasteiger partial charge in [0.25, 0.3) is 5.91 Å². The summed E-state index contributed by atoms with van der Waals surface area (Å²) < 4.78 is 0.533. The first-order valence-corrected chi connectivity index (χ1v) is 6.50. The van der Waals surface area contributed by atoms with Crippen molar-refractivity contribution in [3.05, 3.63) is 57.8 Å². The fraction of sp³-hybridized carbons (Fsp3) is 0. The van der Waals surface area contributed by atoms with Crippen LogP contribution in [-0.4, -0.2) is 22.0 Å². The van der Waals surface area contributed by atoms with Gasteiger partial charge < -0.3 is 10.4 Å². The number of anilines is 1. The molecule has 0 bridgehead atoms. The summed E-state index contributed by atoms with van der Waals surface area (Å²) in [6, 6.07) is 9.15. The third-order valence-electron chi connectivity index (χ3n) is 2.53. The molecular formula is C14H8BrN3O3. The lowest BCUT2D eigenvalue weighted by Gasteiger charge is -2.06. The van der Waals surface area contributed by atoms with Crippen LogP contribution in [0.5, 0.6) is 0 Å². The minimum Gasteiger partial charge on any atom is -0.478 e. The minimum absolute atomic E-state index is 0.0486. The molecule has 2 aromatic rings. The fourth-order valence-electron chi connectivity index (χ4n) is 1.57. The molecule has 0 saturated heterocycles. The van der Waals surface area contributed by atoms with Crippen LogP contribution in [0.2, 0.25) is 0 Å². The Hall–Kier alpha value is -2.72. The van der Waals surface area contributed by atoms with E-state index in [9.17, 15) is 9.59 Å². The van der Waals surface area contributed by atoms with Gasteiger partial charge in [-0.2, -0.15) is 5.26 Å². The van der Waals surface area contributed by atoms with Crippen LogP contribution in [0.15, 0.2) is 41.0 Å². The predicted molar refractivity (Wildman–Crippen MR) is 78.0 cm³/mol. The van der Waals surface area contributed by atoms with E-state index in [1.165, 1.54) is 30.5 Å². The number of rotatable bonds is 3. The van der Waals surface area contributed by atoms with Crippen LogP contribution < -0.4 is 5.32 Å². The molecule has 0 radical (unpaired) electrons. The molecule has 0 saturated carbocycles. The van der Waals surface area contributed by atoms with Gasteiger partial charge in [-0.1, -0.05) is 15.9 Å². The number of hydrogen-bond donors (Lipinski definition) is 2. The molecule has 104 valence electrons. The van der Waals surface area contributed by atoms with Crippen molar-refractivity contribution in [2.45, 2.75) is 0 Å². The average Bonchev–Trinajstić information content (AvgIpc) is 2.46. The molecule has 0 fully saturated rings. The number of nitriles is 1. The summed E-state index contributed by atoms with van der Waals surface area (Å²) >= 11 is 3.18. The Kier molecular flexibility index (Phi) is 4.30. The normalized spacial score (nSPS) is 9.71. The second-order valence-corrected chi connectivity index (χ2v) is 4.95. The maximum atomic E-state index is 12.0. The third-order valence-corrected chi connectivity index (χ3v) is 2.99. The molecule has 1 heterocycles. The molecule has 21 heavy (non-hydrogen) atoms. The maximum Gasteiger partial charge on any atom is 0.335 e. The number of pyridine rings is 1. The Morgan fingerprint density at radius 2 is 2.05 bits per heavy atom. The first-order valence-electron chi connectivity index (χ1n) is 5.71. The number of halogens is 1. The first-order chi connectivity index (χ1) is 9.99. The quantitative estimate of drug-likeness (QED) is 0.889. The van der Waals surface area contributed by atoms with Gasteiger partial charge in [-0.05, 0) is 30.3 Å². The summed E-state index contributed by atoms with van der Waals surface area (Å²) in [6.45, 7) is 0. The highest BCUT2D eigenvalue weighted by molar-refractivity contribution is 9.10. The highest BCUT2D eigenvalue weighted by Crippen LogP contribution is 2.20. The summed E-state index contributed by atoms with van der Waals surface area (Å²) in [5.41, 5.74) is 0.860. The second kappa shape index (κ2) is 6.15. The van der Waals surface area contributed by atoms with Crippen LogP contribution in [-0.2, 0) is 0 Å². The van der Waals surface area contributed by atoms with E-state index < -0.39 is 11.9 Å². The van der Waals surface area contributed by atoms with Crippen LogP contribution in [0.4, 0.5) is 5.69 Å². The van der Waals surface area contributed by atoms with Crippen molar-refractivity contribution in [2.24, 2.45) is 0 Å². The van der Waals surface area contributed by atoms with Gasteiger partial charge in [0.15, 0.2) is 0 Å². The van der Waals surface area contributed by atoms with Crippen molar-refractivity contribution in [1.29, 1.82) is 5.26 Å². The molecule has 2 N–H and O–H groups in total. The number of aromatic nitrogens is 1. The van der Waals surface area contributed by atoms with E-state index in [1.807, 2.05) is 6.07 Å². The Labute approximate surface area is 128 Å². The highest BCUT2D eigenvalue weighted by Gasteiger charge is 2.11. The van der Waals surface area contributed by atoms with Gasteiger partial charge in [-0.25, -0.2) is 9.78 Å². The van der Waals surface area contributed by atoms with Gasteiger partial charge >= 0.3 is 5.97 Å². The number of amides is 1. The minimum atomic E-state index is -1.09. The zero-order valence-corrected chi connectivity index (χ0v) is 12.1. The molecule has 1 amide bonds. The fourth-order valence-corrected chi connectivity index (χ4v) is 2.07. The molecule has 1 aromatic heterocycles. The highest BCUT2D eigenvalue weighted by atomic mass is 79.9. The standard InChI is InChI=1S/C14H8BrN3O3/c15-10-3-9(14(20)21)4-11(5-10)18-13(19)12-2-1-8(6-16)7-17-12/h1-5,7H,(H,18,19)(H,20,21). The summed E-state index contributed by atoms with van der Waals surface area (Å²) in [5.74, 6) is -1.59. The number of carboxylic acid groups (broad SMARTS) is 1. The summed E-state index contributed by atoms with van der Waals surface area (Å²) in [4.78, 5) is 26.8. The van der Waals surface area contributed by atoms with Gasteiger partial charge in [-0.15, -0.1) is 0 Å². The number of aromatic carboxylic acids is 1. The van der Waals surface area contributed by atoms with E-state index in [0.717, 1.165) is 0 Å². The van der Waals surface area contributed by atoms with E-state index in [2.05, 4.69) is 26.2 Å². The Morgan fingerprint density at radius 3 is 2.62 bits per heavy atom. The summed E-state index contributed by atoms with van der Waals surface area (Å²) in [7, 11) is 0. The lowest BCUT2D eigenvalue weighted by atomic mass is 10.2. The van der Waals surface area contributed by atoms with E-state index in [-0.39, 0.29) is 11.3 Å². The molecular weight excluding hydrogens is 338 g/mol. The number of benzene rings is 1. The molecule has 0 atom stereocenters. The van der Waals surface area contributed by atoms with Crippen molar-refractivity contribution in [3.8, 4) is 6.07 Å². The number of hydrogen-bond acceptors (Lipinski definition) is 4. The molecule has 7 heteroatoms. The molecule has 2 rings (SSSR count). The zero-order chi connectivity index (χ0) is 15.4. The maximum absolute atomic E-state index is 12.0. The molecule has 1 aromatic carbocycles. The van der Waals surface area contributed by atoms with Crippen molar-refractivity contribution in [3.63, 3.8) is 0 Å². The number of nitrogens with one attached hydrogen (secondary N) is 1. The SMILES string of the molecule is N#Cc1ccc(C(=O)Nc2cc(Br)cc(C(=O)O)c2)nc1. The molecule has 0 aliphatic rings. The number of carbonyl (C=O) groups is 2. The van der Waals surface area contributed by atoms with Crippen molar-refractivity contribution >= 4 is 33.5 Å². The first kappa shape index (κ1) is 14.7. The van der Waals surface area contributed by atoms with Gasteiger partial charge in [0.1, 0.15) is 11.8 Å². The predicted octanol–water partition coefficient (Wildman–Crippen LogP) is 2.67. The number of carboxylic acids is 1. The van der Waals surface area contributed by atoms with Crippen LogP contribution >= 0.6 is 15.9 Å². The van der Waals surface area contributed by atoms with Crippen molar-refractivity contribution < 1.29 is 14.7 Å². The lowest BCUT2D eigenvalue weighted by Crippen LogP contribution is -2.14. The smallest absolute Gasteiger partial charge is 0.335 e. The molecule has 6 nitrogen and oxygen atoms in total. The van der Waals surface area contributed by atoms with E-state index >= 15 is 0 Å². The number of carbonyl (C=O) groups excluding carboxylic acids is 1. The van der Waals surface area contributed by atoms with E-state index in [0.29, 0.717) is 15.7 Å². The zero-order valence-electron chi connectivity index (χ0n) is 10.5. The van der Waals surface area contributed by atoms with Gasteiger partial charge in [0.05, 0.1) is 11.1 Å². The van der Waals surface area contributed by atoms with Crippen LogP contribution in [0.3, 0.4) is 0 Å². The van der Waals surface area contributed by atoms with Gasteiger partial charge in [0, 0.05) is 16.4 Å². The second-order valence-electron chi connectivity index (χ2n) is 4.03. The average molecular weight is 346 g/mol. The molecule has 0 aliphatic heterocycles. The van der Waals surface area contributed by atoms with Crippen LogP contribution in [0.1, 0.15) is 26.4 Å². The van der Waals surface area contributed by atoms with Crippen molar-refractivity contribution in [1.82, 2.24) is 4.98 Å². The van der Waals surface area contributed by atoms with E-state index in [1.54, 1.807) is 6.07 Å². The summed E-state index contributed by atoms with van der Waals surface area (Å²) in [5, 5.41) is 20.2. The number of nitrogens with zero attached hydrogens (tertiary/aromatic N) is 2. The molecule has 0 aliphatic carbocycles. The van der Waals surface area contributed by atoms with Crippen molar-refractivity contribution in [2.75, 3.05) is 5.32 Å². The van der Waals surface area contributed by atoms with Crippen LogP contribution in [0, 0.1) is 11.3 Å². The Morgan fingerprint density at radius 1 is 1.29 bits per heavy atom. The lowest BCUT2D eigenvalue weighted by molar-refractivity contribution is 0.0696. The third kappa shape index (κ3) is 3.64. The largest absolute Gasteiger partial charge is 0.478 e. The van der Waals surface area contributed by atoms with Crippen LogP contribution in [0.25, 0.3) is 0 Å². The van der Waals surface area contributed by atoms with Gasteiger partial charge in [-0.3, -0.25) is 4.79 Å². The Bertz CT molecular complexity index is 751. The molecule has 0 unspecified atom stereocenters. The topological polar surface area (TPSA) is 103 Å². The van der Waals surface area contributed by atoms with Gasteiger partial charge in [0.2, 0.25) is 0 Å². The van der Waals surface area contributed by atoms with E-state index in [4.69, 9.17) is 10.4 Å². The Balaban J connectivity index is 2.23. The monoisotopic (exact) mass is 345 g/mol.